The predicted molar refractivity (Wildman–Crippen MR) is 111 cm³/mol. The van der Waals surface area contributed by atoms with E-state index in [0.717, 1.165) is 5.56 Å². The smallest absolute Gasteiger partial charge is 0.351 e. The number of rotatable bonds is 6. The van der Waals surface area contributed by atoms with Crippen LogP contribution in [0.1, 0.15) is 34.8 Å². The van der Waals surface area contributed by atoms with Gasteiger partial charge in [-0.3, -0.25) is 10.1 Å². The molecule has 1 aliphatic heterocycles. The van der Waals surface area contributed by atoms with Gasteiger partial charge in [0, 0.05) is 35.9 Å². The molecule has 31 heavy (non-hydrogen) atoms. The monoisotopic (exact) mass is 422 g/mol. The van der Waals surface area contributed by atoms with Crippen molar-refractivity contribution in [2.75, 3.05) is 6.61 Å². The second-order valence-corrected chi connectivity index (χ2v) is 6.98. The van der Waals surface area contributed by atoms with Crippen molar-refractivity contribution in [1.29, 1.82) is 0 Å². The zero-order valence-electron chi connectivity index (χ0n) is 16.6. The summed E-state index contributed by atoms with van der Waals surface area (Å²) in [6.07, 6.45) is 0.527. The first-order valence-electron chi connectivity index (χ1n) is 9.66. The van der Waals surface area contributed by atoms with E-state index in [0.29, 0.717) is 35.1 Å². The third kappa shape index (κ3) is 4.16. The summed E-state index contributed by atoms with van der Waals surface area (Å²) in [6.45, 7) is 1.81. The van der Waals surface area contributed by atoms with E-state index >= 15 is 0 Å². The molecule has 0 aliphatic carbocycles. The topological polar surface area (TPSA) is 121 Å². The highest BCUT2D eigenvalue weighted by atomic mass is 16.6. The lowest BCUT2D eigenvalue weighted by Crippen LogP contribution is -2.17. The molecule has 0 radical (unpaired) electrons. The number of ether oxygens (including phenoxy) is 1. The van der Waals surface area contributed by atoms with Crippen LogP contribution in [0, 0.1) is 10.1 Å². The van der Waals surface area contributed by atoms with Crippen LogP contribution in [0.5, 0.6) is 0 Å². The number of carbonyl (C=O) groups excluding carboxylic acids is 1. The molecule has 0 fully saturated rings. The maximum Gasteiger partial charge on any atom is 0.351 e. The molecule has 0 saturated carbocycles. The fraction of sp³-hybridized carbons (Fsp3) is 0.227. The molecule has 0 bridgehead atoms. The van der Waals surface area contributed by atoms with Gasteiger partial charge >= 0.3 is 11.6 Å². The number of nitro groups is 1. The first-order valence-corrected chi connectivity index (χ1v) is 9.66. The van der Waals surface area contributed by atoms with E-state index in [1.165, 1.54) is 18.2 Å². The number of oxime groups is 1. The molecule has 2 heterocycles. The van der Waals surface area contributed by atoms with Gasteiger partial charge in [0.15, 0.2) is 0 Å². The predicted octanol–water partition coefficient (Wildman–Crippen LogP) is 3.61. The zero-order chi connectivity index (χ0) is 22.0. The number of carbonyl (C=O) groups is 1. The van der Waals surface area contributed by atoms with Gasteiger partial charge in [-0.1, -0.05) is 35.5 Å². The quantitative estimate of drug-likeness (QED) is 0.257. The molecule has 0 N–H and O–H groups in total. The van der Waals surface area contributed by atoms with Crippen molar-refractivity contribution >= 4 is 28.3 Å². The SMILES string of the molecule is CCOC(=O)c1cc2cccc(CC3CC(c4cccc([N+](=O)[O-])c4)=NO3)c2oc1=O. The second-order valence-electron chi connectivity index (χ2n) is 6.98. The van der Waals surface area contributed by atoms with Gasteiger partial charge in [0.1, 0.15) is 17.3 Å². The minimum Gasteiger partial charge on any atom is -0.462 e. The van der Waals surface area contributed by atoms with Crippen molar-refractivity contribution in [3.05, 3.63) is 85.8 Å². The molecular weight excluding hydrogens is 404 g/mol. The van der Waals surface area contributed by atoms with E-state index in [1.54, 1.807) is 31.2 Å². The first kappa shape index (κ1) is 20.3. The van der Waals surface area contributed by atoms with Crippen LogP contribution in [0.3, 0.4) is 0 Å². The van der Waals surface area contributed by atoms with Crippen LogP contribution < -0.4 is 5.63 Å². The lowest BCUT2D eigenvalue weighted by molar-refractivity contribution is -0.384. The molecular formula is C22H18N2O7. The van der Waals surface area contributed by atoms with Crippen molar-refractivity contribution in [3.63, 3.8) is 0 Å². The Morgan fingerprint density at radius 2 is 2.06 bits per heavy atom. The maximum absolute atomic E-state index is 12.3. The number of para-hydroxylation sites is 1. The molecule has 0 spiro atoms. The number of nitrogens with zero attached hydrogens (tertiary/aromatic N) is 2. The van der Waals surface area contributed by atoms with Crippen molar-refractivity contribution in [1.82, 2.24) is 0 Å². The van der Waals surface area contributed by atoms with Crippen molar-refractivity contribution < 1.29 is 23.7 Å². The van der Waals surface area contributed by atoms with Gasteiger partial charge in [-0.25, -0.2) is 9.59 Å². The molecule has 2 aromatic carbocycles. The summed E-state index contributed by atoms with van der Waals surface area (Å²) >= 11 is 0. The molecule has 158 valence electrons. The Bertz CT molecular complexity index is 1260. The number of nitro benzene ring substituents is 1. The van der Waals surface area contributed by atoms with Gasteiger partial charge in [0.05, 0.1) is 17.2 Å². The van der Waals surface area contributed by atoms with E-state index in [4.69, 9.17) is 14.0 Å². The zero-order valence-corrected chi connectivity index (χ0v) is 16.6. The largest absolute Gasteiger partial charge is 0.462 e. The highest BCUT2D eigenvalue weighted by Crippen LogP contribution is 2.26. The molecule has 9 heteroatoms. The van der Waals surface area contributed by atoms with E-state index in [2.05, 4.69) is 5.16 Å². The van der Waals surface area contributed by atoms with Crippen LogP contribution in [-0.4, -0.2) is 29.3 Å². The molecule has 1 aromatic heterocycles. The first-order chi connectivity index (χ1) is 15.0. The number of hydrogen-bond acceptors (Lipinski definition) is 8. The average molecular weight is 422 g/mol. The van der Waals surface area contributed by atoms with Crippen LogP contribution in [0.25, 0.3) is 11.0 Å². The number of benzene rings is 2. The van der Waals surface area contributed by atoms with Gasteiger partial charge in [-0.15, -0.1) is 0 Å². The molecule has 1 atom stereocenters. The van der Waals surface area contributed by atoms with Crippen molar-refractivity contribution in [3.8, 4) is 0 Å². The Morgan fingerprint density at radius 1 is 1.26 bits per heavy atom. The van der Waals surface area contributed by atoms with E-state index in [-0.39, 0.29) is 24.0 Å². The molecule has 9 nitrogen and oxygen atoms in total. The summed E-state index contributed by atoms with van der Waals surface area (Å²) in [5.74, 6) is -0.724. The fourth-order valence-electron chi connectivity index (χ4n) is 3.47. The molecule has 1 unspecified atom stereocenters. The van der Waals surface area contributed by atoms with Gasteiger partial charge in [0.25, 0.3) is 5.69 Å². The Balaban J connectivity index is 1.55. The minimum atomic E-state index is -0.765. The van der Waals surface area contributed by atoms with E-state index < -0.39 is 16.5 Å². The Morgan fingerprint density at radius 3 is 2.84 bits per heavy atom. The standard InChI is InChI=1S/C22H18N2O7/c1-2-29-21(25)18-11-15-7-3-6-14(20(15)30-22(18)26)10-17-12-19(23-31-17)13-5-4-8-16(9-13)24(27)28/h3-9,11,17H,2,10,12H2,1H3. The molecule has 0 amide bonds. The number of esters is 1. The normalized spacial score (nSPS) is 15.4. The highest BCUT2D eigenvalue weighted by molar-refractivity contribution is 6.01. The van der Waals surface area contributed by atoms with Crippen molar-refractivity contribution in [2.24, 2.45) is 5.16 Å². The minimum absolute atomic E-state index is 0.0168. The summed E-state index contributed by atoms with van der Waals surface area (Å²) in [5, 5.41) is 15.7. The summed E-state index contributed by atoms with van der Waals surface area (Å²) in [6, 6.07) is 13.0. The van der Waals surface area contributed by atoms with Crippen LogP contribution in [-0.2, 0) is 16.0 Å². The summed E-state index contributed by atoms with van der Waals surface area (Å²) in [5.41, 5.74) is 1.40. The van der Waals surface area contributed by atoms with Gasteiger partial charge in [-0.2, -0.15) is 0 Å². The molecule has 3 aromatic rings. The van der Waals surface area contributed by atoms with Crippen molar-refractivity contribution in [2.45, 2.75) is 25.9 Å². The second kappa shape index (κ2) is 8.39. The Kier molecular flexibility index (Phi) is 5.48. The van der Waals surface area contributed by atoms with E-state index in [9.17, 15) is 19.7 Å². The molecule has 4 rings (SSSR count). The third-order valence-corrected chi connectivity index (χ3v) is 4.91. The Labute approximate surface area is 176 Å². The molecule has 1 aliphatic rings. The van der Waals surface area contributed by atoms with Crippen LogP contribution in [0.15, 0.2) is 62.9 Å². The molecule has 0 saturated heterocycles. The number of non-ortho nitro benzene ring substituents is 1. The lowest BCUT2D eigenvalue weighted by Gasteiger charge is -2.10. The summed E-state index contributed by atoms with van der Waals surface area (Å²) in [7, 11) is 0. The van der Waals surface area contributed by atoms with Crippen LogP contribution in [0.2, 0.25) is 0 Å². The lowest BCUT2D eigenvalue weighted by atomic mass is 9.98. The average Bonchev–Trinajstić information content (AvgIpc) is 3.22. The summed E-state index contributed by atoms with van der Waals surface area (Å²) in [4.78, 5) is 40.3. The van der Waals surface area contributed by atoms with Gasteiger partial charge < -0.3 is 14.0 Å². The maximum atomic E-state index is 12.3. The highest BCUT2D eigenvalue weighted by Gasteiger charge is 2.25. The van der Waals surface area contributed by atoms with Gasteiger partial charge in [-0.05, 0) is 18.6 Å². The van der Waals surface area contributed by atoms with Crippen LogP contribution >= 0.6 is 0 Å². The van der Waals surface area contributed by atoms with Crippen LogP contribution in [0.4, 0.5) is 5.69 Å². The third-order valence-electron chi connectivity index (χ3n) is 4.91. The fourth-order valence-corrected chi connectivity index (χ4v) is 3.47. The van der Waals surface area contributed by atoms with Gasteiger partial charge in [0.2, 0.25) is 0 Å². The number of fused-ring (bicyclic) bond motifs is 1. The number of hydrogen-bond donors (Lipinski definition) is 0. The van der Waals surface area contributed by atoms with E-state index in [1.807, 2.05) is 6.07 Å². The summed E-state index contributed by atoms with van der Waals surface area (Å²) < 4.78 is 10.3. The Hall–Kier alpha value is -4.01.